The van der Waals surface area contributed by atoms with Crippen LogP contribution >= 0.6 is 22.7 Å². The fourth-order valence-electron chi connectivity index (χ4n) is 2.96. The smallest absolute Gasteiger partial charge is 0.268 e. The molecule has 0 aliphatic carbocycles. The van der Waals surface area contributed by atoms with Gasteiger partial charge in [-0.05, 0) is 17.5 Å². The summed E-state index contributed by atoms with van der Waals surface area (Å²) in [6.07, 6.45) is 1.46. The Morgan fingerprint density at radius 2 is 1.92 bits per heavy atom. The van der Waals surface area contributed by atoms with E-state index in [4.69, 9.17) is 4.98 Å². The van der Waals surface area contributed by atoms with Crippen molar-refractivity contribution in [2.24, 2.45) is 0 Å². The van der Waals surface area contributed by atoms with Gasteiger partial charge in [0.05, 0.1) is 17.5 Å². The van der Waals surface area contributed by atoms with Gasteiger partial charge in [0.2, 0.25) is 0 Å². The van der Waals surface area contributed by atoms with Crippen LogP contribution in [-0.4, -0.2) is 15.0 Å². The van der Waals surface area contributed by atoms with E-state index in [0.29, 0.717) is 4.70 Å². The zero-order valence-electron chi connectivity index (χ0n) is 12.9. The molecule has 120 valence electrons. The molecule has 4 aromatic heterocycles. The number of nitrogens with zero attached hydrogens (tertiary/aromatic N) is 2. The van der Waals surface area contributed by atoms with E-state index in [9.17, 15) is 4.79 Å². The molecular formula is C19H11N3OS2. The number of thiophene rings is 2. The Kier molecular flexibility index (Phi) is 3.26. The fourth-order valence-corrected chi connectivity index (χ4v) is 4.76. The summed E-state index contributed by atoms with van der Waals surface area (Å²) in [6, 6.07) is 16.3. The van der Waals surface area contributed by atoms with Crippen molar-refractivity contribution in [2.45, 2.75) is 0 Å². The summed E-state index contributed by atoms with van der Waals surface area (Å²) in [7, 11) is 0. The molecular weight excluding hydrogens is 350 g/mol. The van der Waals surface area contributed by atoms with Crippen LogP contribution in [0.1, 0.15) is 0 Å². The number of fused-ring (bicyclic) bond motifs is 3. The maximum atomic E-state index is 12.2. The molecule has 4 heterocycles. The van der Waals surface area contributed by atoms with E-state index in [0.717, 1.165) is 37.4 Å². The van der Waals surface area contributed by atoms with E-state index in [2.05, 4.69) is 27.5 Å². The summed E-state index contributed by atoms with van der Waals surface area (Å²) in [4.78, 5) is 26.1. The van der Waals surface area contributed by atoms with E-state index in [-0.39, 0.29) is 5.56 Å². The Morgan fingerprint density at radius 3 is 2.72 bits per heavy atom. The van der Waals surface area contributed by atoms with Crippen molar-refractivity contribution in [1.29, 1.82) is 0 Å². The second kappa shape index (κ2) is 5.61. The second-order valence-corrected chi connectivity index (χ2v) is 7.54. The van der Waals surface area contributed by atoms with Crippen LogP contribution in [-0.2, 0) is 0 Å². The Bertz CT molecular complexity index is 1250. The van der Waals surface area contributed by atoms with E-state index in [1.807, 2.05) is 36.4 Å². The van der Waals surface area contributed by atoms with Gasteiger partial charge in [-0.25, -0.2) is 9.97 Å². The van der Waals surface area contributed by atoms with Crippen molar-refractivity contribution < 1.29 is 0 Å². The average Bonchev–Trinajstić information content (AvgIpc) is 3.30. The van der Waals surface area contributed by atoms with Crippen molar-refractivity contribution in [3.63, 3.8) is 0 Å². The minimum atomic E-state index is -0.119. The van der Waals surface area contributed by atoms with Crippen molar-refractivity contribution in [3.05, 3.63) is 70.6 Å². The third kappa shape index (κ3) is 2.30. The molecule has 0 amide bonds. The number of aromatic nitrogens is 3. The van der Waals surface area contributed by atoms with Crippen LogP contribution in [0.4, 0.5) is 0 Å². The zero-order valence-corrected chi connectivity index (χ0v) is 14.5. The Balaban J connectivity index is 1.94. The van der Waals surface area contributed by atoms with Crippen molar-refractivity contribution in [2.75, 3.05) is 0 Å². The predicted octanol–water partition coefficient (Wildman–Crippen LogP) is 4.93. The molecule has 5 rings (SSSR count). The number of rotatable bonds is 2. The number of H-pyrrole nitrogens is 1. The summed E-state index contributed by atoms with van der Waals surface area (Å²) >= 11 is 3.07. The molecule has 0 unspecified atom stereocenters. The van der Waals surface area contributed by atoms with Crippen molar-refractivity contribution in [3.8, 4) is 21.7 Å². The van der Waals surface area contributed by atoms with E-state index in [1.165, 1.54) is 17.7 Å². The first-order chi connectivity index (χ1) is 12.3. The number of aromatic amines is 1. The monoisotopic (exact) mass is 361 g/mol. The van der Waals surface area contributed by atoms with Gasteiger partial charge in [-0.2, -0.15) is 0 Å². The van der Waals surface area contributed by atoms with Gasteiger partial charge in [0.15, 0.2) is 0 Å². The number of benzene rings is 1. The highest BCUT2D eigenvalue weighted by Gasteiger charge is 2.17. The van der Waals surface area contributed by atoms with Gasteiger partial charge in [0.25, 0.3) is 5.56 Å². The Labute approximate surface area is 150 Å². The number of hydrogen-bond acceptors (Lipinski definition) is 5. The lowest BCUT2D eigenvalue weighted by molar-refractivity contribution is 1.18. The molecule has 4 nitrogen and oxygen atoms in total. The fraction of sp³-hybridized carbons (Fsp3) is 0. The molecule has 25 heavy (non-hydrogen) atoms. The molecule has 0 radical (unpaired) electrons. The van der Waals surface area contributed by atoms with Crippen LogP contribution in [0.15, 0.2) is 65.0 Å². The highest BCUT2D eigenvalue weighted by Crippen LogP contribution is 2.40. The molecule has 0 spiro atoms. The normalized spacial score (nSPS) is 11.4. The van der Waals surface area contributed by atoms with Crippen LogP contribution in [0.2, 0.25) is 0 Å². The summed E-state index contributed by atoms with van der Waals surface area (Å²) < 4.78 is 0.619. The maximum absolute atomic E-state index is 12.2. The lowest BCUT2D eigenvalue weighted by Crippen LogP contribution is -2.03. The van der Waals surface area contributed by atoms with E-state index in [1.54, 1.807) is 11.3 Å². The first-order valence-electron chi connectivity index (χ1n) is 7.71. The molecule has 1 aromatic carbocycles. The topological polar surface area (TPSA) is 58.6 Å². The third-order valence-electron chi connectivity index (χ3n) is 4.09. The first-order valence-corrected chi connectivity index (χ1v) is 9.41. The van der Waals surface area contributed by atoms with Crippen molar-refractivity contribution in [1.82, 2.24) is 15.0 Å². The number of nitrogens with one attached hydrogen (secondary N) is 1. The molecule has 6 heteroatoms. The van der Waals surface area contributed by atoms with Gasteiger partial charge < -0.3 is 4.98 Å². The molecule has 0 atom stereocenters. The highest BCUT2D eigenvalue weighted by molar-refractivity contribution is 7.25. The minimum absolute atomic E-state index is 0.119. The lowest BCUT2D eigenvalue weighted by atomic mass is 10.1. The molecule has 0 bridgehead atoms. The summed E-state index contributed by atoms with van der Waals surface area (Å²) in [6.45, 7) is 0. The zero-order chi connectivity index (χ0) is 16.8. The third-order valence-corrected chi connectivity index (χ3v) is 6.06. The Morgan fingerprint density at radius 1 is 1.04 bits per heavy atom. The van der Waals surface area contributed by atoms with Crippen molar-refractivity contribution >= 4 is 43.1 Å². The van der Waals surface area contributed by atoms with Crippen LogP contribution < -0.4 is 5.56 Å². The molecule has 0 aliphatic heterocycles. The molecule has 0 saturated heterocycles. The quantitative estimate of drug-likeness (QED) is 0.485. The van der Waals surface area contributed by atoms with Gasteiger partial charge >= 0.3 is 0 Å². The molecule has 0 fully saturated rings. The standard InChI is InChI=1S/C19H11N3OS2/c23-18-17-16(20-10-21-18)15-12(14-7-4-8-24-14)9-13(22-19(15)25-17)11-5-2-1-3-6-11/h1-10H,(H,20,21,23). The maximum Gasteiger partial charge on any atom is 0.268 e. The summed E-state index contributed by atoms with van der Waals surface area (Å²) in [5.41, 5.74) is 3.63. The first kappa shape index (κ1) is 14.5. The van der Waals surface area contributed by atoms with Gasteiger partial charge in [0.1, 0.15) is 9.53 Å². The summed E-state index contributed by atoms with van der Waals surface area (Å²) in [5, 5.41) is 3.01. The molecule has 0 saturated carbocycles. The van der Waals surface area contributed by atoms with Gasteiger partial charge in [-0.15, -0.1) is 22.7 Å². The van der Waals surface area contributed by atoms with Gasteiger partial charge in [-0.1, -0.05) is 36.4 Å². The van der Waals surface area contributed by atoms with E-state index >= 15 is 0 Å². The Hall–Kier alpha value is -2.83. The predicted molar refractivity (Wildman–Crippen MR) is 104 cm³/mol. The van der Waals surface area contributed by atoms with Gasteiger partial charge in [0, 0.05) is 21.4 Å². The number of hydrogen-bond donors (Lipinski definition) is 1. The summed E-state index contributed by atoms with van der Waals surface area (Å²) in [5.74, 6) is 0. The second-order valence-electron chi connectivity index (χ2n) is 5.59. The molecule has 0 aliphatic rings. The van der Waals surface area contributed by atoms with Crippen LogP contribution in [0.5, 0.6) is 0 Å². The molecule has 1 N–H and O–H groups in total. The lowest BCUT2D eigenvalue weighted by Gasteiger charge is -2.06. The van der Waals surface area contributed by atoms with Gasteiger partial charge in [-0.3, -0.25) is 4.79 Å². The highest BCUT2D eigenvalue weighted by atomic mass is 32.1. The van der Waals surface area contributed by atoms with Crippen LogP contribution in [0.25, 0.3) is 42.1 Å². The molecule has 5 aromatic rings. The van der Waals surface area contributed by atoms with E-state index < -0.39 is 0 Å². The van der Waals surface area contributed by atoms with Crippen LogP contribution in [0, 0.1) is 0 Å². The SMILES string of the molecule is O=c1[nH]cnc2c1sc1nc(-c3ccccc3)cc(-c3cccs3)c12. The van der Waals surface area contributed by atoms with Crippen LogP contribution in [0.3, 0.4) is 0 Å². The largest absolute Gasteiger partial charge is 0.312 e. The number of pyridine rings is 1. The minimum Gasteiger partial charge on any atom is -0.312 e. The average molecular weight is 361 g/mol.